The Labute approximate surface area is 93.2 Å². The molecule has 15 heavy (non-hydrogen) atoms. The van der Waals surface area contributed by atoms with Gasteiger partial charge in [0.25, 0.3) is 0 Å². The van der Waals surface area contributed by atoms with Crippen molar-refractivity contribution in [1.29, 1.82) is 0 Å². The molecular formula is C8H7BrN4O2. The molecule has 0 saturated heterocycles. The second-order valence-corrected chi connectivity index (χ2v) is 3.53. The molecule has 0 radical (unpaired) electrons. The molecule has 6 nitrogen and oxygen atoms in total. The van der Waals surface area contributed by atoms with E-state index in [0.29, 0.717) is 10.3 Å². The molecule has 0 fully saturated rings. The van der Waals surface area contributed by atoms with Gasteiger partial charge in [0.2, 0.25) is 0 Å². The zero-order chi connectivity index (χ0) is 11.0. The van der Waals surface area contributed by atoms with Crippen LogP contribution >= 0.6 is 15.9 Å². The second kappa shape index (κ2) is 3.50. The molecular weight excluding hydrogens is 264 g/mol. The third-order valence-electron chi connectivity index (χ3n) is 1.96. The highest BCUT2D eigenvalue weighted by molar-refractivity contribution is 9.10. The van der Waals surface area contributed by atoms with Gasteiger partial charge in [-0.3, -0.25) is 4.40 Å². The largest absolute Gasteiger partial charge is 0.465 e. The Balaban J connectivity index is 2.71. The van der Waals surface area contributed by atoms with Gasteiger partial charge in [0, 0.05) is 6.20 Å². The molecule has 0 aliphatic rings. The average molecular weight is 271 g/mol. The standard InChI is InChI=1S/C8H7BrN4O2/c1-15-8(14)4-2-11-7-5(9)12-3-13(7)6(4)10/h2-3H,10H2,1H3. The highest BCUT2D eigenvalue weighted by Gasteiger charge is 2.15. The number of halogens is 1. The number of hydrogen-bond acceptors (Lipinski definition) is 5. The Morgan fingerprint density at radius 2 is 2.33 bits per heavy atom. The number of anilines is 1. The molecule has 78 valence electrons. The lowest BCUT2D eigenvalue weighted by atomic mass is 10.3. The molecule has 0 atom stereocenters. The number of hydrogen-bond donors (Lipinski definition) is 1. The van der Waals surface area contributed by atoms with E-state index < -0.39 is 5.97 Å². The molecule has 0 aromatic carbocycles. The number of nitrogens with zero attached hydrogens (tertiary/aromatic N) is 3. The first-order chi connectivity index (χ1) is 7.15. The van der Waals surface area contributed by atoms with Crippen LogP contribution in [0, 0.1) is 0 Å². The smallest absolute Gasteiger partial charge is 0.343 e. The van der Waals surface area contributed by atoms with Crippen molar-refractivity contribution in [3.63, 3.8) is 0 Å². The summed E-state index contributed by atoms with van der Waals surface area (Å²) < 4.78 is 6.65. The Morgan fingerprint density at radius 3 is 3.00 bits per heavy atom. The lowest BCUT2D eigenvalue weighted by Crippen LogP contribution is -2.10. The minimum Gasteiger partial charge on any atom is -0.465 e. The third-order valence-corrected chi connectivity index (χ3v) is 2.52. The first-order valence-electron chi connectivity index (χ1n) is 4.00. The van der Waals surface area contributed by atoms with Gasteiger partial charge >= 0.3 is 5.97 Å². The number of aromatic nitrogens is 3. The van der Waals surface area contributed by atoms with Gasteiger partial charge in [-0.25, -0.2) is 14.8 Å². The summed E-state index contributed by atoms with van der Waals surface area (Å²) in [5.74, 6) is -0.267. The van der Waals surface area contributed by atoms with Gasteiger partial charge in [0.05, 0.1) is 7.11 Å². The first-order valence-corrected chi connectivity index (χ1v) is 4.79. The van der Waals surface area contributed by atoms with Crippen LogP contribution in [0.1, 0.15) is 10.4 Å². The van der Waals surface area contributed by atoms with Crippen LogP contribution in [0.25, 0.3) is 5.65 Å². The number of nitrogens with two attached hydrogens (primary N) is 1. The van der Waals surface area contributed by atoms with E-state index >= 15 is 0 Å². The van der Waals surface area contributed by atoms with Crippen molar-refractivity contribution in [2.45, 2.75) is 0 Å². The molecule has 2 N–H and O–H groups in total. The number of methoxy groups -OCH3 is 1. The zero-order valence-corrected chi connectivity index (χ0v) is 9.35. The summed E-state index contributed by atoms with van der Waals surface area (Å²) in [6, 6.07) is 0. The van der Waals surface area contributed by atoms with Gasteiger partial charge in [-0.2, -0.15) is 0 Å². The van der Waals surface area contributed by atoms with Crippen LogP contribution in [0.2, 0.25) is 0 Å². The van der Waals surface area contributed by atoms with E-state index in [-0.39, 0.29) is 11.4 Å². The van der Waals surface area contributed by atoms with Gasteiger partial charge in [-0.05, 0) is 15.9 Å². The lowest BCUT2D eigenvalue weighted by molar-refractivity contribution is 0.0601. The van der Waals surface area contributed by atoms with E-state index in [2.05, 4.69) is 30.6 Å². The molecule has 0 saturated carbocycles. The van der Waals surface area contributed by atoms with Crippen LogP contribution in [-0.4, -0.2) is 27.4 Å². The highest BCUT2D eigenvalue weighted by atomic mass is 79.9. The van der Waals surface area contributed by atoms with Crippen molar-refractivity contribution in [2.24, 2.45) is 0 Å². The molecule has 0 aliphatic heterocycles. The van der Waals surface area contributed by atoms with Crippen LogP contribution in [0.15, 0.2) is 17.1 Å². The summed E-state index contributed by atoms with van der Waals surface area (Å²) in [5.41, 5.74) is 6.54. The molecule has 7 heteroatoms. The fraction of sp³-hybridized carbons (Fsp3) is 0.125. The van der Waals surface area contributed by atoms with Crippen molar-refractivity contribution in [1.82, 2.24) is 14.4 Å². The van der Waals surface area contributed by atoms with E-state index in [4.69, 9.17) is 5.73 Å². The van der Waals surface area contributed by atoms with Crippen LogP contribution in [0.3, 0.4) is 0 Å². The summed E-state index contributed by atoms with van der Waals surface area (Å²) in [6.45, 7) is 0. The van der Waals surface area contributed by atoms with Gasteiger partial charge in [-0.15, -0.1) is 0 Å². The van der Waals surface area contributed by atoms with Crippen molar-refractivity contribution < 1.29 is 9.53 Å². The van der Waals surface area contributed by atoms with Crippen LogP contribution in [-0.2, 0) is 4.74 Å². The lowest BCUT2D eigenvalue weighted by Gasteiger charge is -2.04. The van der Waals surface area contributed by atoms with Crippen LogP contribution in [0.5, 0.6) is 0 Å². The molecule has 2 heterocycles. The maximum absolute atomic E-state index is 11.3. The van der Waals surface area contributed by atoms with E-state index in [1.807, 2.05) is 0 Å². The number of nitrogen functional groups attached to an aromatic ring is 1. The molecule has 0 aliphatic carbocycles. The van der Waals surface area contributed by atoms with Gasteiger partial charge in [-0.1, -0.05) is 0 Å². The van der Waals surface area contributed by atoms with Gasteiger partial charge < -0.3 is 10.5 Å². The van der Waals surface area contributed by atoms with E-state index in [0.717, 1.165) is 0 Å². The number of carbonyl (C=O) groups is 1. The molecule has 2 aromatic heterocycles. The monoisotopic (exact) mass is 270 g/mol. The number of ether oxygens (including phenoxy) is 1. The fourth-order valence-corrected chi connectivity index (χ4v) is 1.59. The third kappa shape index (κ3) is 1.44. The van der Waals surface area contributed by atoms with Crippen molar-refractivity contribution in [3.05, 3.63) is 22.7 Å². The summed E-state index contributed by atoms with van der Waals surface area (Å²) in [6.07, 6.45) is 2.84. The van der Waals surface area contributed by atoms with Crippen LogP contribution < -0.4 is 5.73 Å². The fourth-order valence-electron chi connectivity index (χ4n) is 1.20. The normalized spacial score (nSPS) is 10.5. The van der Waals surface area contributed by atoms with E-state index in [1.54, 1.807) is 0 Å². The summed E-state index contributed by atoms with van der Waals surface area (Å²) in [4.78, 5) is 19.3. The topological polar surface area (TPSA) is 82.5 Å². The Morgan fingerprint density at radius 1 is 1.60 bits per heavy atom. The summed E-state index contributed by atoms with van der Waals surface area (Å²) >= 11 is 3.21. The maximum Gasteiger partial charge on any atom is 0.343 e. The first kappa shape index (κ1) is 9.91. The molecule has 0 unspecified atom stereocenters. The molecule has 0 amide bonds. The molecule has 0 spiro atoms. The minimum atomic E-state index is -0.522. The zero-order valence-electron chi connectivity index (χ0n) is 7.77. The SMILES string of the molecule is COC(=O)c1cnc2c(Br)ncn2c1N. The predicted octanol–water partition coefficient (Wildman–Crippen LogP) is 0.861. The van der Waals surface area contributed by atoms with Gasteiger partial charge in [0.1, 0.15) is 17.7 Å². The maximum atomic E-state index is 11.3. The van der Waals surface area contributed by atoms with E-state index in [9.17, 15) is 4.79 Å². The molecule has 2 rings (SSSR count). The molecule has 0 bridgehead atoms. The summed E-state index contributed by atoms with van der Waals surface area (Å²) in [7, 11) is 1.29. The number of imidazole rings is 1. The number of esters is 1. The number of rotatable bonds is 1. The Kier molecular flexibility index (Phi) is 2.31. The summed E-state index contributed by atoms with van der Waals surface area (Å²) in [5, 5.41) is 0. The highest BCUT2D eigenvalue weighted by Crippen LogP contribution is 2.19. The van der Waals surface area contributed by atoms with Crippen LogP contribution in [0.4, 0.5) is 5.82 Å². The van der Waals surface area contributed by atoms with Crippen molar-refractivity contribution in [2.75, 3.05) is 12.8 Å². The Bertz CT molecular complexity index is 537. The average Bonchev–Trinajstić information content (AvgIpc) is 2.61. The van der Waals surface area contributed by atoms with E-state index in [1.165, 1.54) is 24.0 Å². The number of carbonyl (C=O) groups excluding carboxylic acids is 1. The minimum absolute atomic E-state index is 0.218. The quantitative estimate of drug-likeness (QED) is 0.778. The predicted molar refractivity (Wildman–Crippen MR) is 56.4 cm³/mol. The Hall–Kier alpha value is -1.63. The second-order valence-electron chi connectivity index (χ2n) is 2.78. The van der Waals surface area contributed by atoms with Gasteiger partial charge in [0.15, 0.2) is 10.3 Å². The van der Waals surface area contributed by atoms with Crippen molar-refractivity contribution in [3.8, 4) is 0 Å². The van der Waals surface area contributed by atoms with Crippen molar-refractivity contribution >= 4 is 33.4 Å². The molecule has 2 aromatic rings. The number of fused-ring (bicyclic) bond motifs is 1.